The highest BCUT2D eigenvalue weighted by atomic mass is 35.5. The van der Waals surface area contributed by atoms with Gasteiger partial charge in [0.1, 0.15) is 0 Å². The van der Waals surface area contributed by atoms with Crippen molar-refractivity contribution >= 4 is 40.3 Å². The second kappa shape index (κ2) is 6.32. The maximum absolute atomic E-state index is 13.5. The number of rotatable bonds is 4. The minimum Gasteiger partial charge on any atom is -0.432 e. The van der Waals surface area contributed by atoms with Crippen molar-refractivity contribution in [3.8, 4) is 5.75 Å². The average molecular weight is 337 g/mol. The van der Waals surface area contributed by atoms with Crippen molar-refractivity contribution in [2.24, 2.45) is 0 Å². The Morgan fingerprint density at radius 1 is 1.14 bits per heavy atom. The summed E-state index contributed by atoms with van der Waals surface area (Å²) in [6.07, 6.45) is 0. The number of halogens is 5. The van der Waals surface area contributed by atoms with Crippen LogP contribution in [0.25, 0.3) is 0 Å². The maximum atomic E-state index is 13.5. The molecule has 0 bridgehead atoms. The van der Waals surface area contributed by atoms with Gasteiger partial charge >= 0.3 is 6.61 Å². The predicted molar refractivity (Wildman–Crippen MR) is 77.2 cm³/mol. The molecule has 3 N–H and O–H groups in total. The fraction of sp³-hybridized carbons (Fsp3) is 0.0769. The van der Waals surface area contributed by atoms with E-state index in [1.54, 1.807) is 18.2 Å². The third-order valence-corrected chi connectivity index (χ3v) is 3.36. The molecule has 0 amide bonds. The Bertz CT molecular complexity index is 668. The molecule has 0 atom stereocenters. The normalized spacial score (nSPS) is 10.8. The zero-order chi connectivity index (χ0) is 15.6. The molecular formula is C13H9Cl2F3N2O. The second-order valence-corrected chi connectivity index (χ2v) is 4.76. The monoisotopic (exact) mass is 336 g/mol. The molecule has 3 nitrogen and oxygen atoms in total. The molecule has 0 spiro atoms. The van der Waals surface area contributed by atoms with Crippen LogP contribution in [0.15, 0.2) is 30.3 Å². The van der Waals surface area contributed by atoms with Gasteiger partial charge in [-0.15, -0.1) is 0 Å². The zero-order valence-corrected chi connectivity index (χ0v) is 11.9. The van der Waals surface area contributed by atoms with Crippen LogP contribution in [0.1, 0.15) is 0 Å². The summed E-state index contributed by atoms with van der Waals surface area (Å²) in [6.45, 7) is -3.15. The van der Waals surface area contributed by atoms with Crippen molar-refractivity contribution in [2.45, 2.75) is 6.61 Å². The van der Waals surface area contributed by atoms with E-state index >= 15 is 0 Å². The van der Waals surface area contributed by atoms with Gasteiger partial charge in [-0.05, 0) is 12.1 Å². The minimum atomic E-state index is -3.15. The van der Waals surface area contributed by atoms with Crippen molar-refractivity contribution in [1.29, 1.82) is 0 Å². The van der Waals surface area contributed by atoms with Gasteiger partial charge in [0.25, 0.3) is 0 Å². The van der Waals surface area contributed by atoms with Gasteiger partial charge in [-0.1, -0.05) is 29.3 Å². The van der Waals surface area contributed by atoms with Crippen LogP contribution in [-0.2, 0) is 0 Å². The quantitative estimate of drug-likeness (QED) is 0.767. The molecule has 21 heavy (non-hydrogen) atoms. The highest BCUT2D eigenvalue weighted by Gasteiger charge is 2.14. The number of hydrogen-bond acceptors (Lipinski definition) is 3. The molecule has 0 saturated heterocycles. The summed E-state index contributed by atoms with van der Waals surface area (Å²) in [5.41, 5.74) is 6.20. The maximum Gasteiger partial charge on any atom is 0.387 e. The molecule has 0 saturated carbocycles. The van der Waals surface area contributed by atoms with E-state index in [4.69, 9.17) is 28.9 Å². The lowest BCUT2D eigenvalue weighted by atomic mass is 10.2. The minimum absolute atomic E-state index is 0.00478. The summed E-state index contributed by atoms with van der Waals surface area (Å²) in [5, 5.41) is 3.31. The van der Waals surface area contributed by atoms with Crippen molar-refractivity contribution in [3.63, 3.8) is 0 Å². The molecule has 0 aromatic heterocycles. The van der Waals surface area contributed by atoms with E-state index in [9.17, 15) is 13.2 Å². The second-order valence-electron chi connectivity index (χ2n) is 3.97. The largest absolute Gasteiger partial charge is 0.432 e. The van der Waals surface area contributed by atoms with Crippen molar-refractivity contribution in [2.75, 3.05) is 11.1 Å². The number of nitrogens with one attached hydrogen (secondary N) is 1. The van der Waals surface area contributed by atoms with Gasteiger partial charge in [-0.25, -0.2) is 4.39 Å². The van der Waals surface area contributed by atoms with Crippen molar-refractivity contribution in [3.05, 3.63) is 46.2 Å². The standard InChI is InChI=1S/C13H9Cl2F3N2O/c14-6-2-1-3-9(12(6)15)20-10-5-11(21-13(17)18)7(16)4-8(10)19/h1-5,13,20H,19H2. The van der Waals surface area contributed by atoms with Crippen molar-refractivity contribution in [1.82, 2.24) is 0 Å². The van der Waals surface area contributed by atoms with Crippen LogP contribution in [0, 0.1) is 5.82 Å². The van der Waals surface area contributed by atoms with Crippen LogP contribution in [0.4, 0.5) is 30.2 Å². The first-order valence-corrected chi connectivity index (χ1v) is 6.39. The van der Waals surface area contributed by atoms with Gasteiger partial charge in [0.15, 0.2) is 11.6 Å². The lowest BCUT2D eigenvalue weighted by molar-refractivity contribution is -0.0521. The molecule has 0 radical (unpaired) electrons. The fourth-order valence-corrected chi connectivity index (χ4v) is 1.96. The smallest absolute Gasteiger partial charge is 0.387 e. The number of alkyl halides is 2. The fourth-order valence-electron chi connectivity index (χ4n) is 1.61. The van der Waals surface area contributed by atoms with E-state index in [1.807, 2.05) is 0 Å². The zero-order valence-electron chi connectivity index (χ0n) is 10.3. The van der Waals surface area contributed by atoms with Crippen LogP contribution >= 0.6 is 23.2 Å². The van der Waals surface area contributed by atoms with Gasteiger partial charge in [0, 0.05) is 12.1 Å². The first-order chi connectivity index (χ1) is 9.88. The third-order valence-electron chi connectivity index (χ3n) is 2.54. The molecule has 112 valence electrons. The topological polar surface area (TPSA) is 47.3 Å². The summed E-state index contributed by atoms with van der Waals surface area (Å²) < 4.78 is 41.9. The van der Waals surface area contributed by atoms with Gasteiger partial charge < -0.3 is 15.8 Å². The van der Waals surface area contributed by atoms with Crippen LogP contribution in [0.3, 0.4) is 0 Å². The molecule has 2 aromatic rings. The Morgan fingerprint density at radius 3 is 2.52 bits per heavy atom. The van der Waals surface area contributed by atoms with Crippen LogP contribution in [0.2, 0.25) is 10.0 Å². The molecule has 0 unspecified atom stereocenters. The Hall–Kier alpha value is -1.79. The number of nitrogen functional groups attached to an aromatic ring is 1. The number of ether oxygens (including phenoxy) is 1. The summed E-state index contributed by atoms with van der Waals surface area (Å²) in [7, 11) is 0. The molecule has 0 fully saturated rings. The Morgan fingerprint density at radius 2 is 1.86 bits per heavy atom. The SMILES string of the molecule is Nc1cc(F)c(OC(F)F)cc1Nc1cccc(Cl)c1Cl. The summed E-state index contributed by atoms with van der Waals surface area (Å²) in [6, 6.07) is 6.71. The van der Waals surface area contributed by atoms with Crippen LogP contribution in [-0.4, -0.2) is 6.61 Å². The van der Waals surface area contributed by atoms with E-state index in [2.05, 4.69) is 10.1 Å². The highest BCUT2D eigenvalue weighted by molar-refractivity contribution is 6.43. The van der Waals surface area contributed by atoms with Crippen molar-refractivity contribution < 1.29 is 17.9 Å². The molecule has 0 heterocycles. The Kier molecular flexibility index (Phi) is 4.69. The molecular weight excluding hydrogens is 328 g/mol. The average Bonchev–Trinajstić information content (AvgIpc) is 2.40. The predicted octanol–water partition coefficient (Wildman–Crippen LogP) is 5.06. The molecule has 0 aliphatic heterocycles. The molecule has 2 aromatic carbocycles. The summed E-state index contributed by atoms with van der Waals surface area (Å²) in [4.78, 5) is 0. The number of anilines is 3. The highest BCUT2D eigenvalue weighted by Crippen LogP contribution is 2.35. The van der Waals surface area contributed by atoms with E-state index in [0.29, 0.717) is 10.7 Å². The summed E-state index contributed by atoms with van der Waals surface area (Å²) >= 11 is 11.8. The van der Waals surface area contributed by atoms with E-state index in [-0.39, 0.29) is 16.4 Å². The third kappa shape index (κ3) is 3.65. The van der Waals surface area contributed by atoms with Gasteiger partial charge in [0.2, 0.25) is 0 Å². The number of nitrogens with two attached hydrogens (primary N) is 1. The number of hydrogen-bond donors (Lipinski definition) is 2. The van der Waals surface area contributed by atoms with Gasteiger partial charge in [-0.3, -0.25) is 0 Å². The Labute approximate surface area is 128 Å². The molecule has 8 heteroatoms. The van der Waals surface area contributed by atoms with Crippen LogP contribution in [0.5, 0.6) is 5.75 Å². The van der Waals surface area contributed by atoms with E-state index < -0.39 is 18.2 Å². The van der Waals surface area contributed by atoms with Gasteiger partial charge in [-0.2, -0.15) is 8.78 Å². The first-order valence-electron chi connectivity index (χ1n) is 5.63. The van der Waals surface area contributed by atoms with Crippen LogP contribution < -0.4 is 15.8 Å². The van der Waals surface area contributed by atoms with E-state index in [0.717, 1.165) is 12.1 Å². The lowest BCUT2D eigenvalue weighted by Gasteiger charge is -2.14. The van der Waals surface area contributed by atoms with E-state index in [1.165, 1.54) is 0 Å². The molecule has 0 aliphatic rings. The molecule has 2 rings (SSSR count). The summed E-state index contributed by atoms with van der Waals surface area (Å²) in [5.74, 6) is -1.62. The molecule has 0 aliphatic carbocycles. The van der Waals surface area contributed by atoms with Gasteiger partial charge in [0.05, 0.1) is 27.1 Å². The first kappa shape index (κ1) is 15.6. The lowest BCUT2D eigenvalue weighted by Crippen LogP contribution is -2.06. The number of benzene rings is 2. The Balaban J connectivity index is 2.37.